The zero-order valence-electron chi connectivity index (χ0n) is 13.0. The van der Waals surface area contributed by atoms with Gasteiger partial charge in [0.15, 0.2) is 11.5 Å². The van der Waals surface area contributed by atoms with Crippen molar-refractivity contribution in [2.24, 2.45) is 0 Å². The number of pyridine rings is 1. The van der Waals surface area contributed by atoms with Crippen molar-refractivity contribution >= 4 is 5.91 Å². The van der Waals surface area contributed by atoms with Gasteiger partial charge in [0.25, 0.3) is 0 Å². The van der Waals surface area contributed by atoms with Gasteiger partial charge >= 0.3 is 0 Å². The normalized spacial score (nSPS) is 9.83. The van der Waals surface area contributed by atoms with E-state index in [0.717, 1.165) is 5.56 Å². The van der Waals surface area contributed by atoms with Crippen LogP contribution in [0.3, 0.4) is 0 Å². The van der Waals surface area contributed by atoms with Gasteiger partial charge in [-0.3, -0.25) is 4.79 Å². The zero-order chi connectivity index (χ0) is 16.7. The molecule has 0 fully saturated rings. The molecule has 23 heavy (non-hydrogen) atoms. The Morgan fingerprint density at radius 2 is 1.91 bits per heavy atom. The lowest BCUT2D eigenvalue weighted by molar-refractivity contribution is -0.116. The molecule has 1 heterocycles. The molecule has 1 aromatic heterocycles. The van der Waals surface area contributed by atoms with Crippen LogP contribution in [-0.2, 0) is 11.3 Å². The van der Waals surface area contributed by atoms with Crippen LogP contribution in [0.2, 0.25) is 0 Å². The van der Waals surface area contributed by atoms with Crippen molar-refractivity contribution in [2.75, 3.05) is 14.2 Å². The van der Waals surface area contributed by atoms with Crippen molar-refractivity contribution in [3.8, 4) is 23.1 Å². The molecule has 1 amide bonds. The van der Waals surface area contributed by atoms with E-state index in [-0.39, 0.29) is 5.91 Å². The van der Waals surface area contributed by atoms with Gasteiger partial charge in [0, 0.05) is 18.8 Å². The molecule has 6 heteroatoms. The first-order valence-electron chi connectivity index (χ1n) is 6.92. The number of para-hydroxylation sites is 1. The Kier molecular flexibility index (Phi) is 5.57. The molecule has 0 atom stereocenters. The van der Waals surface area contributed by atoms with Gasteiger partial charge in [-0.2, -0.15) is 0 Å². The number of amides is 1. The first-order chi connectivity index (χ1) is 11.2. The van der Waals surface area contributed by atoms with Crippen molar-refractivity contribution < 1.29 is 19.0 Å². The number of ether oxygens (including phenoxy) is 3. The third kappa shape index (κ3) is 4.23. The molecular formula is C17H18N2O4. The second-order valence-corrected chi connectivity index (χ2v) is 4.52. The molecule has 0 aliphatic rings. The van der Waals surface area contributed by atoms with Crippen LogP contribution in [0.5, 0.6) is 23.1 Å². The minimum atomic E-state index is -0.232. The average Bonchev–Trinajstić information content (AvgIpc) is 2.60. The third-order valence-corrected chi connectivity index (χ3v) is 3.04. The molecule has 1 N–H and O–H groups in total. The van der Waals surface area contributed by atoms with Crippen LogP contribution < -0.4 is 19.5 Å². The molecule has 2 aromatic rings. The SMILES string of the molecule is C=CC(=O)NCc1ccc(Oc2c(OC)cccc2OC)nc1. The van der Waals surface area contributed by atoms with E-state index in [9.17, 15) is 4.79 Å². The van der Waals surface area contributed by atoms with E-state index >= 15 is 0 Å². The first kappa shape index (κ1) is 16.4. The molecule has 6 nitrogen and oxygen atoms in total. The number of nitrogens with zero attached hydrogens (tertiary/aromatic N) is 1. The lowest BCUT2D eigenvalue weighted by Crippen LogP contribution is -2.19. The Labute approximate surface area is 134 Å². The third-order valence-electron chi connectivity index (χ3n) is 3.04. The van der Waals surface area contributed by atoms with E-state index in [1.807, 2.05) is 12.1 Å². The van der Waals surface area contributed by atoms with Crippen LogP contribution >= 0.6 is 0 Å². The van der Waals surface area contributed by atoms with E-state index in [2.05, 4.69) is 16.9 Å². The maximum Gasteiger partial charge on any atom is 0.243 e. The number of aromatic nitrogens is 1. The number of carbonyl (C=O) groups excluding carboxylic acids is 1. The topological polar surface area (TPSA) is 69.7 Å². The van der Waals surface area contributed by atoms with Gasteiger partial charge in [-0.15, -0.1) is 0 Å². The van der Waals surface area contributed by atoms with Crippen LogP contribution in [0.4, 0.5) is 0 Å². The minimum Gasteiger partial charge on any atom is -0.493 e. The van der Waals surface area contributed by atoms with Crippen molar-refractivity contribution in [1.29, 1.82) is 0 Å². The summed E-state index contributed by atoms with van der Waals surface area (Å²) in [5, 5.41) is 2.68. The summed E-state index contributed by atoms with van der Waals surface area (Å²) in [4.78, 5) is 15.4. The summed E-state index contributed by atoms with van der Waals surface area (Å²) in [5.41, 5.74) is 0.847. The summed E-state index contributed by atoms with van der Waals surface area (Å²) in [7, 11) is 3.11. The van der Waals surface area contributed by atoms with Gasteiger partial charge in [0.05, 0.1) is 14.2 Å². The number of nitrogens with one attached hydrogen (secondary N) is 1. The van der Waals surface area contributed by atoms with Gasteiger partial charge in [0.1, 0.15) is 0 Å². The fraction of sp³-hybridized carbons (Fsp3) is 0.176. The molecule has 0 saturated heterocycles. The molecule has 0 bridgehead atoms. The predicted octanol–water partition coefficient (Wildman–Crippen LogP) is 2.69. The molecule has 2 rings (SSSR count). The number of benzene rings is 1. The Bertz CT molecular complexity index is 661. The minimum absolute atomic E-state index is 0.232. The Hall–Kier alpha value is -3.02. The number of carbonyl (C=O) groups is 1. The maximum absolute atomic E-state index is 11.1. The summed E-state index contributed by atoms with van der Waals surface area (Å²) >= 11 is 0. The molecule has 1 aromatic carbocycles. The van der Waals surface area contributed by atoms with E-state index < -0.39 is 0 Å². The summed E-state index contributed by atoms with van der Waals surface area (Å²) in [6, 6.07) is 8.88. The van der Waals surface area contributed by atoms with Crippen LogP contribution in [-0.4, -0.2) is 25.1 Å². The van der Waals surface area contributed by atoms with Crippen LogP contribution in [0.1, 0.15) is 5.56 Å². The molecule has 0 saturated carbocycles. The van der Waals surface area contributed by atoms with E-state index in [1.54, 1.807) is 38.6 Å². The van der Waals surface area contributed by atoms with E-state index in [1.165, 1.54) is 6.08 Å². The van der Waals surface area contributed by atoms with Crippen molar-refractivity contribution in [3.63, 3.8) is 0 Å². The second kappa shape index (κ2) is 7.84. The lowest BCUT2D eigenvalue weighted by atomic mass is 10.2. The number of rotatable bonds is 7. The highest BCUT2D eigenvalue weighted by Crippen LogP contribution is 2.39. The molecule has 120 valence electrons. The van der Waals surface area contributed by atoms with Gasteiger partial charge in [0.2, 0.25) is 17.5 Å². The van der Waals surface area contributed by atoms with Crippen molar-refractivity contribution in [3.05, 3.63) is 54.7 Å². The van der Waals surface area contributed by atoms with Gasteiger partial charge in [-0.25, -0.2) is 4.98 Å². The number of hydrogen-bond donors (Lipinski definition) is 1. The first-order valence-corrected chi connectivity index (χ1v) is 6.92. The molecule has 0 aliphatic heterocycles. The van der Waals surface area contributed by atoms with Crippen LogP contribution in [0.25, 0.3) is 0 Å². The van der Waals surface area contributed by atoms with Gasteiger partial charge < -0.3 is 19.5 Å². The number of hydrogen-bond acceptors (Lipinski definition) is 5. The highest BCUT2D eigenvalue weighted by Gasteiger charge is 2.13. The fourth-order valence-corrected chi connectivity index (χ4v) is 1.86. The van der Waals surface area contributed by atoms with Crippen molar-refractivity contribution in [1.82, 2.24) is 10.3 Å². The summed E-state index contributed by atoms with van der Waals surface area (Å²) in [6.07, 6.45) is 2.85. The predicted molar refractivity (Wildman–Crippen MR) is 85.9 cm³/mol. The molecule has 0 aliphatic carbocycles. The zero-order valence-corrected chi connectivity index (χ0v) is 13.0. The van der Waals surface area contributed by atoms with Gasteiger partial charge in [-0.05, 0) is 23.8 Å². The largest absolute Gasteiger partial charge is 0.493 e. The Balaban J connectivity index is 2.12. The van der Waals surface area contributed by atoms with Crippen LogP contribution in [0, 0.1) is 0 Å². The quantitative estimate of drug-likeness (QED) is 0.796. The summed E-state index contributed by atoms with van der Waals surface area (Å²) < 4.78 is 16.3. The van der Waals surface area contributed by atoms with Crippen molar-refractivity contribution in [2.45, 2.75) is 6.54 Å². The van der Waals surface area contributed by atoms with E-state index in [4.69, 9.17) is 14.2 Å². The highest BCUT2D eigenvalue weighted by atomic mass is 16.5. The average molecular weight is 314 g/mol. The fourth-order valence-electron chi connectivity index (χ4n) is 1.86. The monoisotopic (exact) mass is 314 g/mol. The number of methoxy groups -OCH3 is 2. The lowest BCUT2D eigenvalue weighted by Gasteiger charge is -2.13. The van der Waals surface area contributed by atoms with Gasteiger partial charge in [-0.1, -0.05) is 18.7 Å². The molecule has 0 unspecified atom stereocenters. The standard InChI is InChI=1S/C17H18N2O4/c1-4-15(20)18-10-12-8-9-16(19-11-12)23-17-13(21-2)6-5-7-14(17)22-3/h4-9,11H,1,10H2,2-3H3,(H,18,20). The van der Waals surface area contributed by atoms with E-state index in [0.29, 0.717) is 29.7 Å². The molecular weight excluding hydrogens is 296 g/mol. The van der Waals surface area contributed by atoms with Crippen LogP contribution in [0.15, 0.2) is 49.2 Å². The summed E-state index contributed by atoms with van der Waals surface area (Å²) in [6.45, 7) is 3.77. The maximum atomic E-state index is 11.1. The smallest absolute Gasteiger partial charge is 0.243 e. The Morgan fingerprint density at radius 3 is 2.43 bits per heavy atom. The highest BCUT2D eigenvalue weighted by molar-refractivity contribution is 5.86. The second-order valence-electron chi connectivity index (χ2n) is 4.52. The molecule has 0 spiro atoms. The Morgan fingerprint density at radius 1 is 1.22 bits per heavy atom. The molecule has 0 radical (unpaired) electrons. The summed E-state index contributed by atoms with van der Waals surface area (Å²) in [5.74, 6) is 1.72.